The summed E-state index contributed by atoms with van der Waals surface area (Å²) in [6.45, 7) is 0.693. The van der Waals surface area contributed by atoms with Crippen LogP contribution in [0.5, 0.6) is 0 Å². The second kappa shape index (κ2) is 4.73. The molecule has 6 heteroatoms. The molecule has 0 saturated carbocycles. The van der Waals surface area contributed by atoms with Crippen LogP contribution in [-0.2, 0) is 6.54 Å². The molecule has 0 atom stereocenters. The molecule has 2 heterocycles. The molecule has 0 radical (unpaired) electrons. The Balaban J connectivity index is 1.83. The number of nitrogens with zero attached hydrogens (tertiary/aromatic N) is 4. The number of hydrogen-bond donors (Lipinski definition) is 1. The van der Waals surface area contributed by atoms with Crippen molar-refractivity contribution in [3.63, 3.8) is 0 Å². The van der Waals surface area contributed by atoms with Crippen LogP contribution in [0.3, 0.4) is 0 Å². The maximum atomic E-state index is 4.27. The van der Waals surface area contributed by atoms with Gasteiger partial charge in [-0.05, 0) is 17.7 Å². The number of benzene rings is 1. The van der Waals surface area contributed by atoms with Gasteiger partial charge in [-0.1, -0.05) is 28.1 Å². The predicted molar refractivity (Wildman–Crippen MR) is 72.3 cm³/mol. The molecule has 5 nitrogen and oxygen atoms in total. The third-order valence-electron chi connectivity index (χ3n) is 2.56. The van der Waals surface area contributed by atoms with Gasteiger partial charge in [0.1, 0.15) is 6.33 Å². The molecular weight excluding hydrogens is 294 g/mol. The molecule has 0 saturated heterocycles. The van der Waals surface area contributed by atoms with Crippen molar-refractivity contribution < 1.29 is 0 Å². The molecule has 0 amide bonds. The Bertz CT molecular complexity index is 679. The first-order chi connectivity index (χ1) is 8.83. The van der Waals surface area contributed by atoms with Gasteiger partial charge in [-0.3, -0.25) is 4.40 Å². The van der Waals surface area contributed by atoms with Crippen LogP contribution in [0.4, 0.5) is 5.82 Å². The highest BCUT2D eigenvalue weighted by molar-refractivity contribution is 9.10. The maximum absolute atomic E-state index is 4.27. The van der Waals surface area contributed by atoms with Gasteiger partial charge in [-0.15, -0.1) is 10.2 Å². The summed E-state index contributed by atoms with van der Waals surface area (Å²) in [4.78, 5) is 4.27. The van der Waals surface area contributed by atoms with Crippen molar-refractivity contribution in [2.24, 2.45) is 0 Å². The van der Waals surface area contributed by atoms with Gasteiger partial charge in [-0.2, -0.15) is 0 Å². The van der Waals surface area contributed by atoms with Gasteiger partial charge in [0.05, 0.1) is 0 Å². The molecule has 0 aliphatic carbocycles. The van der Waals surface area contributed by atoms with Gasteiger partial charge in [0.2, 0.25) is 5.65 Å². The monoisotopic (exact) mass is 303 g/mol. The van der Waals surface area contributed by atoms with Gasteiger partial charge < -0.3 is 5.32 Å². The Morgan fingerprint density at radius 2 is 2.28 bits per heavy atom. The predicted octanol–water partition coefficient (Wildman–Crippen LogP) is 2.50. The van der Waals surface area contributed by atoms with E-state index in [1.165, 1.54) is 5.56 Å². The number of fused-ring (bicyclic) bond motifs is 1. The minimum Gasteiger partial charge on any atom is -0.363 e. The van der Waals surface area contributed by atoms with Crippen LogP contribution in [0.1, 0.15) is 5.56 Å². The summed E-state index contributed by atoms with van der Waals surface area (Å²) in [6, 6.07) is 8.13. The highest BCUT2D eigenvalue weighted by atomic mass is 79.9. The maximum Gasteiger partial charge on any atom is 0.203 e. The zero-order valence-corrected chi connectivity index (χ0v) is 11.0. The molecule has 2 aromatic heterocycles. The fraction of sp³-hybridized carbons (Fsp3) is 0.0833. The smallest absolute Gasteiger partial charge is 0.203 e. The molecule has 0 spiro atoms. The Kier molecular flexibility index (Phi) is 2.93. The Morgan fingerprint density at radius 3 is 3.17 bits per heavy atom. The number of halogens is 1. The van der Waals surface area contributed by atoms with Crippen LogP contribution >= 0.6 is 15.9 Å². The second-order valence-corrected chi connectivity index (χ2v) is 4.74. The van der Waals surface area contributed by atoms with Gasteiger partial charge in [0, 0.05) is 23.4 Å². The molecule has 0 fully saturated rings. The third kappa shape index (κ3) is 2.19. The zero-order chi connectivity index (χ0) is 12.4. The van der Waals surface area contributed by atoms with E-state index in [4.69, 9.17) is 0 Å². The zero-order valence-electron chi connectivity index (χ0n) is 9.42. The lowest BCUT2D eigenvalue weighted by atomic mass is 10.2. The minimum atomic E-state index is 0.693. The van der Waals surface area contributed by atoms with E-state index in [9.17, 15) is 0 Å². The standard InChI is InChI=1S/C12H10BrN5/c13-10-3-1-2-9(6-10)7-15-11-12-17-16-8-18(12)5-4-14-11/h1-6,8H,7H2,(H,14,15). The molecule has 1 aromatic carbocycles. The van der Waals surface area contributed by atoms with E-state index in [1.54, 1.807) is 12.5 Å². The lowest BCUT2D eigenvalue weighted by Gasteiger charge is -2.06. The molecule has 18 heavy (non-hydrogen) atoms. The summed E-state index contributed by atoms with van der Waals surface area (Å²) >= 11 is 3.45. The van der Waals surface area contributed by atoms with Gasteiger partial charge in [0.25, 0.3) is 0 Å². The SMILES string of the molecule is Brc1cccc(CNc2nccn3cnnc23)c1. The Morgan fingerprint density at radius 1 is 1.33 bits per heavy atom. The number of hydrogen-bond acceptors (Lipinski definition) is 4. The summed E-state index contributed by atoms with van der Waals surface area (Å²) in [6.07, 6.45) is 5.19. The van der Waals surface area contributed by atoms with Crippen molar-refractivity contribution in [1.29, 1.82) is 0 Å². The van der Waals surface area contributed by atoms with Crippen LogP contribution in [0.25, 0.3) is 5.65 Å². The normalized spacial score (nSPS) is 10.7. The van der Waals surface area contributed by atoms with Crippen LogP contribution in [0, 0.1) is 0 Å². The van der Waals surface area contributed by atoms with Crippen LogP contribution < -0.4 is 5.32 Å². The Labute approximate surface area is 112 Å². The molecule has 0 bridgehead atoms. The van der Waals surface area contributed by atoms with Crippen LogP contribution in [0.2, 0.25) is 0 Å². The van der Waals surface area contributed by atoms with Crippen molar-refractivity contribution in [1.82, 2.24) is 19.6 Å². The van der Waals surface area contributed by atoms with Gasteiger partial charge in [-0.25, -0.2) is 4.98 Å². The van der Waals surface area contributed by atoms with E-state index >= 15 is 0 Å². The van der Waals surface area contributed by atoms with Gasteiger partial charge in [0.15, 0.2) is 5.82 Å². The minimum absolute atomic E-state index is 0.693. The molecular formula is C12H10BrN5. The average molecular weight is 304 g/mol. The van der Waals surface area contributed by atoms with Crippen molar-refractivity contribution in [3.8, 4) is 0 Å². The fourth-order valence-electron chi connectivity index (χ4n) is 1.72. The fourth-order valence-corrected chi connectivity index (χ4v) is 2.16. The summed E-state index contributed by atoms with van der Waals surface area (Å²) < 4.78 is 2.89. The lowest BCUT2D eigenvalue weighted by molar-refractivity contribution is 1.07. The van der Waals surface area contributed by atoms with E-state index in [-0.39, 0.29) is 0 Å². The largest absolute Gasteiger partial charge is 0.363 e. The molecule has 3 aromatic rings. The first-order valence-corrected chi connectivity index (χ1v) is 6.25. The van der Waals surface area contributed by atoms with E-state index < -0.39 is 0 Å². The molecule has 0 unspecified atom stereocenters. The number of anilines is 1. The molecule has 3 rings (SSSR count). The van der Waals surface area contributed by atoms with Crippen molar-refractivity contribution >= 4 is 27.4 Å². The average Bonchev–Trinajstić information content (AvgIpc) is 2.85. The second-order valence-electron chi connectivity index (χ2n) is 3.82. The van der Waals surface area contributed by atoms with Crippen LogP contribution in [0.15, 0.2) is 47.5 Å². The summed E-state index contributed by atoms with van der Waals surface area (Å²) in [5.74, 6) is 0.731. The lowest BCUT2D eigenvalue weighted by Crippen LogP contribution is -2.03. The van der Waals surface area contributed by atoms with E-state index in [2.05, 4.69) is 48.6 Å². The highest BCUT2D eigenvalue weighted by Gasteiger charge is 2.04. The highest BCUT2D eigenvalue weighted by Crippen LogP contribution is 2.14. The third-order valence-corrected chi connectivity index (χ3v) is 3.06. The van der Waals surface area contributed by atoms with E-state index in [1.807, 2.05) is 22.7 Å². The summed E-state index contributed by atoms with van der Waals surface area (Å²) in [5.41, 5.74) is 1.90. The van der Waals surface area contributed by atoms with Crippen molar-refractivity contribution in [3.05, 3.63) is 53.0 Å². The van der Waals surface area contributed by atoms with Crippen molar-refractivity contribution in [2.75, 3.05) is 5.32 Å². The molecule has 90 valence electrons. The summed E-state index contributed by atoms with van der Waals surface area (Å²) in [5, 5.41) is 11.1. The first kappa shape index (κ1) is 11.2. The van der Waals surface area contributed by atoms with Gasteiger partial charge >= 0.3 is 0 Å². The number of nitrogens with one attached hydrogen (secondary N) is 1. The first-order valence-electron chi connectivity index (χ1n) is 5.45. The van der Waals surface area contributed by atoms with E-state index in [0.717, 1.165) is 15.9 Å². The number of aromatic nitrogens is 4. The number of rotatable bonds is 3. The molecule has 0 aliphatic heterocycles. The molecule has 1 N–H and O–H groups in total. The van der Waals surface area contributed by atoms with E-state index in [0.29, 0.717) is 6.54 Å². The quantitative estimate of drug-likeness (QED) is 0.808. The molecule has 0 aliphatic rings. The van der Waals surface area contributed by atoms with Crippen molar-refractivity contribution in [2.45, 2.75) is 6.54 Å². The van der Waals surface area contributed by atoms with Crippen LogP contribution in [-0.4, -0.2) is 19.6 Å². The topological polar surface area (TPSA) is 55.1 Å². The Hall–Kier alpha value is -1.95. The summed E-state index contributed by atoms with van der Waals surface area (Å²) in [7, 11) is 0.